The van der Waals surface area contributed by atoms with Gasteiger partial charge in [-0.3, -0.25) is 19.2 Å². The minimum absolute atomic E-state index is 0.00388. The lowest BCUT2D eigenvalue weighted by molar-refractivity contribution is -0.141. The van der Waals surface area contributed by atoms with Crippen LogP contribution in [-0.2, 0) is 30.4 Å². The molecule has 0 aliphatic heterocycles. The number of amides is 4. The molecule has 1 aromatic carbocycles. The topological polar surface area (TPSA) is 214 Å². The van der Waals surface area contributed by atoms with E-state index >= 15 is 0 Å². The average Bonchev–Trinajstić information content (AvgIpc) is 2.74. The molecule has 13 heteroatoms. The number of aliphatic carboxylic acids is 1. The highest BCUT2D eigenvalue weighted by atomic mass is 32.1. The number of phenolic OH excluding ortho intramolecular Hbond substituents is 1. The van der Waals surface area contributed by atoms with Crippen molar-refractivity contribution >= 4 is 42.2 Å². The number of nitrogens with one attached hydrogen (secondary N) is 3. The van der Waals surface area contributed by atoms with Gasteiger partial charge in [0.1, 0.15) is 23.9 Å². The van der Waals surface area contributed by atoms with Crippen molar-refractivity contribution < 1.29 is 34.2 Å². The number of phenols is 1. The zero-order valence-corrected chi connectivity index (χ0v) is 18.0. The molecule has 12 nitrogen and oxygen atoms in total. The third-order valence-corrected chi connectivity index (χ3v) is 4.69. The van der Waals surface area contributed by atoms with Crippen LogP contribution in [0.5, 0.6) is 5.75 Å². The fourth-order valence-corrected chi connectivity index (χ4v) is 2.86. The van der Waals surface area contributed by atoms with Crippen molar-refractivity contribution in [2.75, 3.05) is 12.3 Å². The summed E-state index contributed by atoms with van der Waals surface area (Å²) in [6.45, 7) is -0.403. The Labute approximate surface area is 189 Å². The highest BCUT2D eigenvalue weighted by molar-refractivity contribution is 7.80. The zero-order chi connectivity index (χ0) is 24.3. The molecule has 32 heavy (non-hydrogen) atoms. The molecule has 0 aliphatic rings. The molecule has 0 radical (unpaired) electrons. The first-order valence-electron chi connectivity index (χ1n) is 9.57. The van der Waals surface area contributed by atoms with Crippen molar-refractivity contribution in [3.63, 3.8) is 0 Å². The SMILES string of the molecule is NCC(=O)NC(CCC(N)=O)C(=O)NC(Cc1ccc(O)cc1)C(=O)NC(CS)C(=O)O. The van der Waals surface area contributed by atoms with Gasteiger partial charge in [-0.25, -0.2) is 4.79 Å². The number of aromatic hydroxyl groups is 1. The lowest BCUT2D eigenvalue weighted by Crippen LogP contribution is -2.57. The maximum absolute atomic E-state index is 12.8. The molecule has 1 rings (SSSR count). The van der Waals surface area contributed by atoms with E-state index in [1.54, 1.807) is 0 Å². The summed E-state index contributed by atoms with van der Waals surface area (Å²) in [5.74, 6) is -4.43. The van der Waals surface area contributed by atoms with Crippen LogP contribution in [0.4, 0.5) is 0 Å². The standard InChI is InChI=1S/C19H27N5O7S/c20-8-16(27)22-12(5-6-15(21)26)17(28)23-13(7-10-1-3-11(25)4-2-10)18(29)24-14(9-32)19(30)31/h1-4,12-14,25,32H,5-9,20H2,(H2,21,26)(H,22,27)(H,23,28)(H,24,29)(H,30,31). The quantitative estimate of drug-likeness (QED) is 0.146. The Hall–Kier alpha value is -3.32. The number of rotatable bonds is 13. The van der Waals surface area contributed by atoms with Gasteiger partial charge in [-0.15, -0.1) is 0 Å². The predicted molar refractivity (Wildman–Crippen MR) is 117 cm³/mol. The van der Waals surface area contributed by atoms with Crippen LogP contribution in [0, 0.1) is 0 Å². The molecule has 0 aliphatic carbocycles. The number of primary amides is 1. The van der Waals surface area contributed by atoms with Crippen LogP contribution in [-0.4, -0.2) is 70.2 Å². The second-order valence-corrected chi connectivity index (χ2v) is 7.21. The largest absolute Gasteiger partial charge is 0.508 e. The van der Waals surface area contributed by atoms with Crippen molar-refractivity contribution in [1.82, 2.24) is 16.0 Å². The average molecular weight is 470 g/mol. The van der Waals surface area contributed by atoms with Crippen molar-refractivity contribution in [1.29, 1.82) is 0 Å². The van der Waals surface area contributed by atoms with E-state index in [9.17, 15) is 29.1 Å². The number of carboxylic acid groups (broad SMARTS) is 1. The molecule has 9 N–H and O–H groups in total. The number of thiol groups is 1. The van der Waals surface area contributed by atoms with Gasteiger partial charge in [-0.05, 0) is 24.1 Å². The van der Waals surface area contributed by atoms with Crippen LogP contribution in [0.25, 0.3) is 0 Å². The Morgan fingerprint density at radius 1 is 0.938 bits per heavy atom. The number of hydrogen-bond acceptors (Lipinski definition) is 8. The van der Waals surface area contributed by atoms with E-state index in [2.05, 4.69) is 28.6 Å². The fourth-order valence-electron chi connectivity index (χ4n) is 2.62. The Bertz CT molecular complexity index is 834. The molecule has 0 aromatic heterocycles. The number of carbonyl (C=O) groups is 5. The van der Waals surface area contributed by atoms with E-state index in [-0.39, 0.29) is 30.8 Å². The minimum atomic E-state index is -1.31. The molecule has 0 spiro atoms. The Kier molecular flexibility index (Phi) is 11.0. The molecule has 0 fully saturated rings. The Morgan fingerprint density at radius 2 is 1.50 bits per heavy atom. The summed E-state index contributed by atoms with van der Waals surface area (Å²) in [5, 5.41) is 25.7. The van der Waals surface area contributed by atoms with Crippen molar-refractivity contribution in [2.45, 2.75) is 37.4 Å². The summed E-state index contributed by atoms with van der Waals surface area (Å²) < 4.78 is 0. The first kappa shape index (κ1) is 26.7. The number of carboxylic acids is 1. The van der Waals surface area contributed by atoms with Crippen molar-refractivity contribution in [2.24, 2.45) is 11.5 Å². The fraction of sp³-hybridized carbons (Fsp3) is 0.421. The van der Waals surface area contributed by atoms with E-state index in [1.807, 2.05) is 0 Å². The second kappa shape index (κ2) is 13.2. The molecular weight excluding hydrogens is 442 g/mol. The molecule has 0 saturated carbocycles. The Morgan fingerprint density at radius 3 is 2.00 bits per heavy atom. The van der Waals surface area contributed by atoms with Crippen LogP contribution in [0.2, 0.25) is 0 Å². The number of nitrogens with two attached hydrogens (primary N) is 2. The van der Waals surface area contributed by atoms with E-state index in [0.717, 1.165) is 0 Å². The van der Waals surface area contributed by atoms with Gasteiger partial charge in [0.2, 0.25) is 23.6 Å². The summed E-state index contributed by atoms with van der Waals surface area (Å²) in [4.78, 5) is 59.5. The van der Waals surface area contributed by atoms with Crippen LogP contribution in [0.1, 0.15) is 18.4 Å². The summed E-state index contributed by atoms with van der Waals surface area (Å²) in [6, 6.07) is 2.08. The first-order chi connectivity index (χ1) is 15.1. The van der Waals surface area contributed by atoms with Gasteiger partial charge in [-0.1, -0.05) is 12.1 Å². The number of hydrogen-bond donors (Lipinski definition) is 8. The summed E-state index contributed by atoms with van der Waals surface area (Å²) in [6.07, 6.45) is -0.391. The van der Waals surface area contributed by atoms with Crippen LogP contribution < -0.4 is 27.4 Å². The zero-order valence-electron chi connectivity index (χ0n) is 17.1. The number of carbonyl (C=O) groups excluding carboxylic acids is 4. The lowest BCUT2D eigenvalue weighted by Gasteiger charge is -2.24. The van der Waals surface area contributed by atoms with Crippen molar-refractivity contribution in [3.05, 3.63) is 29.8 Å². The molecular formula is C19H27N5O7S. The van der Waals surface area contributed by atoms with Gasteiger partial charge < -0.3 is 37.6 Å². The summed E-state index contributed by atoms with van der Waals surface area (Å²) >= 11 is 3.89. The lowest BCUT2D eigenvalue weighted by atomic mass is 10.0. The predicted octanol–water partition coefficient (Wildman–Crippen LogP) is -2.37. The molecule has 0 bridgehead atoms. The van der Waals surface area contributed by atoms with E-state index in [4.69, 9.17) is 16.6 Å². The van der Waals surface area contributed by atoms with Crippen LogP contribution >= 0.6 is 12.6 Å². The normalized spacial score (nSPS) is 13.3. The van der Waals surface area contributed by atoms with Gasteiger partial charge in [-0.2, -0.15) is 12.6 Å². The monoisotopic (exact) mass is 469 g/mol. The minimum Gasteiger partial charge on any atom is -0.508 e. The highest BCUT2D eigenvalue weighted by Crippen LogP contribution is 2.12. The summed E-state index contributed by atoms with van der Waals surface area (Å²) in [5.41, 5.74) is 10.9. The van der Waals surface area contributed by atoms with E-state index in [0.29, 0.717) is 5.56 Å². The Balaban J connectivity index is 3.08. The summed E-state index contributed by atoms with van der Waals surface area (Å²) in [7, 11) is 0. The van der Waals surface area contributed by atoms with Crippen molar-refractivity contribution in [3.8, 4) is 5.75 Å². The van der Waals surface area contributed by atoms with Gasteiger partial charge in [0.15, 0.2) is 0 Å². The number of benzene rings is 1. The van der Waals surface area contributed by atoms with Gasteiger partial charge in [0, 0.05) is 18.6 Å². The van der Waals surface area contributed by atoms with Crippen LogP contribution in [0.3, 0.4) is 0 Å². The molecule has 0 saturated heterocycles. The molecule has 3 atom stereocenters. The van der Waals surface area contributed by atoms with E-state index < -0.39 is 54.3 Å². The first-order valence-corrected chi connectivity index (χ1v) is 10.2. The smallest absolute Gasteiger partial charge is 0.327 e. The third kappa shape index (κ3) is 9.22. The third-order valence-electron chi connectivity index (χ3n) is 4.32. The van der Waals surface area contributed by atoms with E-state index in [1.165, 1.54) is 24.3 Å². The molecule has 176 valence electrons. The maximum Gasteiger partial charge on any atom is 0.327 e. The van der Waals surface area contributed by atoms with Gasteiger partial charge in [0.25, 0.3) is 0 Å². The van der Waals surface area contributed by atoms with Gasteiger partial charge >= 0.3 is 5.97 Å². The highest BCUT2D eigenvalue weighted by Gasteiger charge is 2.29. The molecule has 3 unspecified atom stereocenters. The second-order valence-electron chi connectivity index (χ2n) is 6.84. The molecule has 4 amide bonds. The maximum atomic E-state index is 12.8. The van der Waals surface area contributed by atoms with Crippen LogP contribution in [0.15, 0.2) is 24.3 Å². The molecule has 0 heterocycles. The van der Waals surface area contributed by atoms with Gasteiger partial charge in [0.05, 0.1) is 6.54 Å². The molecule has 1 aromatic rings.